The minimum absolute atomic E-state index is 0.243. The second kappa shape index (κ2) is 7.97. The van der Waals surface area contributed by atoms with Crippen LogP contribution in [0.1, 0.15) is 19.4 Å². The fourth-order valence-corrected chi connectivity index (χ4v) is 2.28. The molecule has 0 aromatic heterocycles. The average Bonchev–Trinajstić information content (AvgIpc) is 2.56. The lowest BCUT2D eigenvalue weighted by molar-refractivity contribution is -0.114. The Balaban J connectivity index is 2.37. The molecule has 0 aliphatic carbocycles. The van der Waals surface area contributed by atoms with Gasteiger partial charge in [-0.3, -0.25) is 4.79 Å². The summed E-state index contributed by atoms with van der Waals surface area (Å²) >= 11 is 0. The highest BCUT2D eigenvalue weighted by atomic mass is 16.5. The fraction of sp³-hybridized carbons (Fsp3) is 0.158. The van der Waals surface area contributed by atoms with Crippen molar-refractivity contribution in [1.82, 2.24) is 0 Å². The van der Waals surface area contributed by atoms with Gasteiger partial charge < -0.3 is 16.2 Å². The summed E-state index contributed by atoms with van der Waals surface area (Å²) in [5.74, 6) is 0.137. The van der Waals surface area contributed by atoms with E-state index in [0.717, 1.165) is 22.4 Å². The predicted molar refractivity (Wildman–Crippen MR) is 97.5 cm³/mol. The summed E-state index contributed by atoms with van der Waals surface area (Å²) < 4.78 is 5.46. The summed E-state index contributed by atoms with van der Waals surface area (Å²) in [4.78, 5) is 15.4. The number of nitrogens with two attached hydrogens (primary N) is 2. The normalized spacial score (nSPS) is 11.0. The zero-order valence-corrected chi connectivity index (χ0v) is 13.8. The molecular formula is C19H21N3O2. The Kier molecular flexibility index (Phi) is 5.73. The number of ether oxygens (including phenoxy) is 1. The van der Waals surface area contributed by atoms with Crippen LogP contribution in [0, 0.1) is 0 Å². The Morgan fingerprint density at radius 2 is 1.79 bits per heavy atom. The maximum atomic E-state index is 11.9. The van der Waals surface area contributed by atoms with Crippen LogP contribution >= 0.6 is 0 Å². The molecule has 124 valence electrons. The molecule has 5 heteroatoms. The second-order valence-corrected chi connectivity index (χ2v) is 5.21. The van der Waals surface area contributed by atoms with Crippen LogP contribution in [0.4, 0.5) is 0 Å². The van der Waals surface area contributed by atoms with Crippen LogP contribution < -0.4 is 16.2 Å². The summed E-state index contributed by atoms with van der Waals surface area (Å²) in [5.41, 5.74) is 13.9. The van der Waals surface area contributed by atoms with Crippen LogP contribution in [0.3, 0.4) is 0 Å². The van der Waals surface area contributed by atoms with Crippen LogP contribution in [0.5, 0.6) is 5.75 Å². The van der Waals surface area contributed by atoms with Gasteiger partial charge in [0, 0.05) is 5.57 Å². The van der Waals surface area contributed by atoms with Gasteiger partial charge in [0.2, 0.25) is 0 Å². The molecule has 0 aliphatic rings. The Morgan fingerprint density at radius 3 is 2.42 bits per heavy atom. The van der Waals surface area contributed by atoms with Crippen molar-refractivity contribution in [3.05, 3.63) is 59.7 Å². The summed E-state index contributed by atoms with van der Waals surface area (Å²) in [6, 6.07) is 15.7. The van der Waals surface area contributed by atoms with E-state index in [2.05, 4.69) is 4.99 Å². The van der Waals surface area contributed by atoms with Crippen molar-refractivity contribution in [2.24, 2.45) is 16.5 Å². The molecule has 0 saturated heterocycles. The van der Waals surface area contributed by atoms with E-state index in [4.69, 9.17) is 16.2 Å². The van der Waals surface area contributed by atoms with Gasteiger partial charge >= 0.3 is 0 Å². The minimum Gasteiger partial charge on any atom is -0.494 e. The van der Waals surface area contributed by atoms with Gasteiger partial charge in [0.1, 0.15) is 5.75 Å². The quantitative estimate of drug-likeness (QED) is 0.503. The van der Waals surface area contributed by atoms with Crippen molar-refractivity contribution in [1.29, 1.82) is 0 Å². The molecule has 0 atom stereocenters. The first-order valence-electron chi connectivity index (χ1n) is 7.65. The molecule has 0 heterocycles. The lowest BCUT2D eigenvalue weighted by atomic mass is 9.98. The number of amides is 1. The monoisotopic (exact) mass is 323 g/mol. The maximum absolute atomic E-state index is 11.9. The number of hydrogen-bond acceptors (Lipinski definition) is 2. The van der Waals surface area contributed by atoms with Crippen LogP contribution in [0.2, 0.25) is 0 Å². The molecule has 2 aromatic rings. The summed E-state index contributed by atoms with van der Waals surface area (Å²) in [6.45, 7) is 4.26. The first-order chi connectivity index (χ1) is 11.5. The molecule has 24 heavy (non-hydrogen) atoms. The first kappa shape index (κ1) is 17.3. The van der Waals surface area contributed by atoms with Gasteiger partial charge in [-0.2, -0.15) is 4.99 Å². The third-order valence-corrected chi connectivity index (χ3v) is 3.38. The predicted octanol–water partition coefficient (Wildman–Crippen LogP) is 2.96. The first-order valence-corrected chi connectivity index (χ1v) is 7.65. The molecule has 5 nitrogen and oxygen atoms in total. The highest BCUT2D eigenvalue weighted by Crippen LogP contribution is 2.27. The standard InChI is InChI=1S/C19H21N3O2/c1-3-24-16-10-8-14(9-11-16)17-7-5-4-6-15(17)12-13(2)18(23)22-19(20)21/h4-12H,3H2,1-2H3,(H4,20,21,22,23). The Hall–Kier alpha value is -3.08. The topological polar surface area (TPSA) is 90.7 Å². The lowest BCUT2D eigenvalue weighted by Crippen LogP contribution is -2.24. The third-order valence-electron chi connectivity index (χ3n) is 3.38. The van der Waals surface area contributed by atoms with E-state index in [-0.39, 0.29) is 5.96 Å². The van der Waals surface area contributed by atoms with Gasteiger partial charge in [-0.25, -0.2) is 0 Å². The van der Waals surface area contributed by atoms with E-state index < -0.39 is 5.91 Å². The van der Waals surface area contributed by atoms with Crippen molar-refractivity contribution in [2.45, 2.75) is 13.8 Å². The third kappa shape index (κ3) is 4.46. The van der Waals surface area contributed by atoms with Gasteiger partial charge in [0.15, 0.2) is 5.96 Å². The molecule has 2 rings (SSSR count). The number of carbonyl (C=O) groups excluding carboxylic acids is 1. The van der Waals surface area contributed by atoms with E-state index in [1.165, 1.54) is 0 Å². The Bertz CT molecular complexity index is 773. The molecule has 4 N–H and O–H groups in total. The van der Waals surface area contributed by atoms with Crippen molar-refractivity contribution in [2.75, 3.05) is 6.61 Å². The van der Waals surface area contributed by atoms with Crippen molar-refractivity contribution in [3.63, 3.8) is 0 Å². The van der Waals surface area contributed by atoms with Crippen molar-refractivity contribution in [3.8, 4) is 16.9 Å². The van der Waals surface area contributed by atoms with E-state index in [9.17, 15) is 4.79 Å². The van der Waals surface area contributed by atoms with E-state index in [1.807, 2.05) is 55.5 Å². The summed E-state index contributed by atoms with van der Waals surface area (Å²) in [5, 5.41) is 0. The number of aliphatic imine (C=N–C) groups is 1. The number of hydrogen-bond donors (Lipinski definition) is 2. The number of benzene rings is 2. The van der Waals surface area contributed by atoms with Crippen molar-refractivity contribution < 1.29 is 9.53 Å². The molecule has 2 aromatic carbocycles. The Labute approximate surface area is 141 Å². The fourth-order valence-electron chi connectivity index (χ4n) is 2.28. The second-order valence-electron chi connectivity index (χ2n) is 5.21. The van der Waals surface area contributed by atoms with Crippen LogP contribution in [0.25, 0.3) is 17.2 Å². The molecule has 1 amide bonds. The number of guanidine groups is 1. The molecular weight excluding hydrogens is 302 g/mol. The average molecular weight is 323 g/mol. The van der Waals surface area contributed by atoms with E-state index >= 15 is 0 Å². The summed E-state index contributed by atoms with van der Waals surface area (Å²) in [7, 11) is 0. The smallest absolute Gasteiger partial charge is 0.275 e. The maximum Gasteiger partial charge on any atom is 0.275 e. The van der Waals surface area contributed by atoms with Crippen LogP contribution in [0.15, 0.2) is 59.1 Å². The van der Waals surface area contributed by atoms with Gasteiger partial charge in [-0.1, -0.05) is 36.4 Å². The Morgan fingerprint density at radius 1 is 1.12 bits per heavy atom. The molecule has 0 fully saturated rings. The van der Waals surface area contributed by atoms with E-state index in [1.54, 1.807) is 13.0 Å². The molecule has 0 spiro atoms. The van der Waals surface area contributed by atoms with Gasteiger partial charge in [-0.05, 0) is 48.7 Å². The summed E-state index contributed by atoms with van der Waals surface area (Å²) in [6.07, 6.45) is 1.78. The number of nitrogens with zero attached hydrogens (tertiary/aromatic N) is 1. The molecule has 0 radical (unpaired) electrons. The highest BCUT2D eigenvalue weighted by Gasteiger charge is 2.07. The van der Waals surface area contributed by atoms with Crippen LogP contribution in [-0.2, 0) is 4.79 Å². The minimum atomic E-state index is -0.448. The number of rotatable bonds is 5. The van der Waals surface area contributed by atoms with Gasteiger partial charge in [0.05, 0.1) is 6.61 Å². The van der Waals surface area contributed by atoms with Gasteiger partial charge in [-0.15, -0.1) is 0 Å². The molecule has 0 saturated carbocycles. The largest absolute Gasteiger partial charge is 0.494 e. The SMILES string of the molecule is CCOc1ccc(-c2ccccc2C=C(C)C(=O)N=C(N)N)cc1. The zero-order valence-electron chi connectivity index (χ0n) is 13.8. The molecule has 0 aliphatic heterocycles. The van der Waals surface area contributed by atoms with Gasteiger partial charge in [0.25, 0.3) is 5.91 Å². The zero-order chi connectivity index (χ0) is 17.5. The van der Waals surface area contributed by atoms with E-state index in [0.29, 0.717) is 12.2 Å². The molecule has 0 unspecified atom stereocenters. The molecule has 0 bridgehead atoms. The highest BCUT2D eigenvalue weighted by molar-refractivity contribution is 6.04. The van der Waals surface area contributed by atoms with Crippen molar-refractivity contribution >= 4 is 17.9 Å². The van der Waals surface area contributed by atoms with Crippen LogP contribution in [-0.4, -0.2) is 18.5 Å². The lowest BCUT2D eigenvalue weighted by Gasteiger charge is -2.09. The number of carbonyl (C=O) groups is 1.